The average Bonchev–Trinajstić information content (AvgIpc) is 2.33. The highest BCUT2D eigenvalue weighted by Crippen LogP contribution is 2.27. The van der Waals surface area contributed by atoms with Crippen molar-refractivity contribution in [2.75, 3.05) is 25.5 Å². The number of benzene rings is 1. The molecule has 1 rings (SSSR count). The Hall–Kier alpha value is -1.75. The minimum Gasteiger partial charge on any atom is -0.491 e. The normalized spacial score (nSPS) is 9.82. The molecule has 0 aliphatic rings. The first kappa shape index (κ1) is 13.3. The number of amides is 2. The quantitative estimate of drug-likeness (QED) is 0.679. The second-order valence-corrected chi connectivity index (χ2v) is 3.64. The molecular formula is C12H19N3O2. The third-order valence-electron chi connectivity index (χ3n) is 2.31. The van der Waals surface area contributed by atoms with Gasteiger partial charge < -0.3 is 21.1 Å². The van der Waals surface area contributed by atoms with Crippen LogP contribution in [0.1, 0.15) is 12.0 Å². The molecule has 1 aromatic rings. The van der Waals surface area contributed by atoms with Crippen molar-refractivity contribution in [2.24, 2.45) is 5.73 Å². The number of nitrogens with two attached hydrogens (primary N) is 1. The zero-order valence-electron chi connectivity index (χ0n) is 10.2. The molecule has 5 nitrogen and oxygen atoms in total. The number of rotatable bonds is 5. The van der Waals surface area contributed by atoms with E-state index in [-0.39, 0.29) is 6.03 Å². The summed E-state index contributed by atoms with van der Waals surface area (Å²) >= 11 is 0. The molecule has 0 atom stereocenters. The Bertz CT molecular complexity index is 380. The van der Waals surface area contributed by atoms with E-state index in [1.54, 1.807) is 7.05 Å². The molecule has 0 bridgehead atoms. The fourth-order valence-corrected chi connectivity index (χ4v) is 1.36. The summed E-state index contributed by atoms with van der Waals surface area (Å²) in [5, 5.41) is 5.26. The van der Waals surface area contributed by atoms with Crippen LogP contribution in [0, 0.1) is 6.92 Å². The summed E-state index contributed by atoms with van der Waals surface area (Å²) in [5.74, 6) is 0.669. The van der Waals surface area contributed by atoms with Crippen molar-refractivity contribution < 1.29 is 9.53 Å². The Morgan fingerprint density at radius 2 is 2.24 bits per heavy atom. The van der Waals surface area contributed by atoms with Crippen molar-refractivity contribution in [3.63, 3.8) is 0 Å². The summed E-state index contributed by atoms with van der Waals surface area (Å²) in [6.45, 7) is 3.05. The van der Waals surface area contributed by atoms with Crippen LogP contribution in [0.5, 0.6) is 5.75 Å². The summed E-state index contributed by atoms with van der Waals surface area (Å²) < 4.78 is 5.58. The third-order valence-corrected chi connectivity index (χ3v) is 2.31. The van der Waals surface area contributed by atoms with Crippen LogP contribution in [-0.2, 0) is 0 Å². The first-order valence-corrected chi connectivity index (χ1v) is 5.60. The number of aryl methyl sites for hydroxylation is 1. The van der Waals surface area contributed by atoms with Crippen LogP contribution in [0.3, 0.4) is 0 Å². The highest BCUT2D eigenvalue weighted by Gasteiger charge is 2.09. The van der Waals surface area contributed by atoms with Gasteiger partial charge in [-0.1, -0.05) is 12.1 Å². The molecule has 0 aliphatic carbocycles. The highest BCUT2D eigenvalue weighted by molar-refractivity contribution is 5.91. The van der Waals surface area contributed by atoms with E-state index in [2.05, 4.69) is 10.6 Å². The molecule has 1 aromatic carbocycles. The smallest absolute Gasteiger partial charge is 0.319 e. The maximum absolute atomic E-state index is 11.3. The Morgan fingerprint density at radius 3 is 2.88 bits per heavy atom. The number of carbonyl (C=O) groups is 1. The van der Waals surface area contributed by atoms with Gasteiger partial charge >= 0.3 is 6.03 Å². The fraction of sp³-hybridized carbons (Fsp3) is 0.417. The lowest BCUT2D eigenvalue weighted by Crippen LogP contribution is -2.25. The van der Waals surface area contributed by atoms with Crippen molar-refractivity contribution in [3.05, 3.63) is 23.8 Å². The highest BCUT2D eigenvalue weighted by atomic mass is 16.5. The van der Waals surface area contributed by atoms with Crippen LogP contribution in [0.2, 0.25) is 0 Å². The third kappa shape index (κ3) is 3.96. The topological polar surface area (TPSA) is 76.4 Å². The molecule has 2 amide bonds. The van der Waals surface area contributed by atoms with Crippen LogP contribution in [-0.4, -0.2) is 26.2 Å². The van der Waals surface area contributed by atoms with Gasteiger partial charge in [0.05, 0.1) is 12.3 Å². The Morgan fingerprint density at radius 1 is 1.47 bits per heavy atom. The van der Waals surface area contributed by atoms with E-state index in [0.29, 0.717) is 24.6 Å². The van der Waals surface area contributed by atoms with Gasteiger partial charge in [0.15, 0.2) is 0 Å². The summed E-state index contributed by atoms with van der Waals surface area (Å²) in [6.07, 6.45) is 0.785. The van der Waals surface area contributed by atoms with E-state index in [4.69, 9.17) is 10.5 Å². The SMILES string of the molecule is CNC(=O)Nc1c(C)cccc1OCCCN. The minimum atomic E-state index is -0.261. The van der Waals surface area contributed by atoms with E-state index in [1.807, 2.05) is 25.1 Å². The number of para-hydroxylation sites is 1. The van der Waals surface area contributed by atoms with Gasteiger partial charge in [0, 0.05) is 7.05 Å². The lowest BCUT2D eigenvalue weighted by Gasteiger charge is -2.14. The van der Waals surface area contributed by atoms with E-state index in [1.165, 1.54) is 0 Å². The molecule has 94 valence electrons. The summed E-state index contributed by atoms with van der Waals surface area (Å²) in [4.78, 5) is 11.3. The van der Waals surface area contributed by atoms with Gasteiger partial charge in [0.1, 0.15) is 5.75 Å². The Kier molecular flexibility index (Phi) is 5.29. The standard InChI is InChI=1S/C12H19N3O2/c1-9-5-3-6-10(17-8-4-7-13)11(9)15-12(16)14-2/h3,5-6H,4,7-8,13H2,1-2H3,(H2,14,15,16). The summed E-state index contributed by atoms with van der Waals surface area (Å²) in [7, 11) is 1.57. The van der Waals surface area contributed by atoms with Gasteiger partial charge in [-0.15, -0.1) is 0 Å². The van der Waals surface area contributed by atoms with Crippen molar-refractivity contribution in [3.8, 4) is 5.75 Å². The molecule has 0 aliphatic heterocycles. The van der Waals surface area contributed by atoms with Crippen LogP contribution < -0.4 is 21.1 Å². The van der Waals surface area contributed by atoms with Crippen molar-refractivity contribution >= 4 is 11.7 Å². The second-order valence-electron chi connectivity index (χ2n) is 3.64. The largest absolute Gasteiger partial charge is 0.491 e. The molecule has 0 radical (unpaired) electrons. The van der Waals surface area contributed by atoms with Crippen LogP contribution in [0.25, 0.3) is 0 Å². The van der Waals surface area contributed by atoms with Crippen molar-refractivity contribution in [1.82, 2.24) is 5.32 Å². The van der Waals surface area contributed by atoms with E-state index < -0.39 is 0 Å². The molecule has 0 spiro atoms. The van der Waals surface area contributed by atoms with Crippen LogP contribution in [0.15, 0.2) is 18.2 Å². The number of hydrogen-bond donors (Lipinski definition) is 3. The zero-order chi connectivity index (χ0) is 12.7. The summed E-state index contributed by atoms with van der Waals surface area (Å²) in [6, 6.07) is 5.38. The van der Waals surface area contributed by atoms with E-state index in [9.17, 15) is 4.79 Å². The molecule has 0 saturated heterocycles. The molecule has 4 N–H and O–H groups in total. The van der Waals surface area contributed by atoms with Gasteiger partial charge in [-0.2, -0.15) is 0 Å². The van der Waals surface area contributed by atoms with Crippen LogP contribution in [0.4, 0.5) is 10.5 Å². The van der Waals surface area contributed by atoms with E-state index in [0.717, 1.165) is 12.0 Å². The monoisotopic (exact) mass is 237 g/mol. The second kappa shape index (κ2) is 6.75. The maximum Gasteiger partial charge on any atom is 0.319 e. The van der Waals surface area contributed by atoms with Gasteiger partial charge in [-0.25, -0.2) is 4.79 Å². The predicted octanol–water partition coefficient (Wildman–Crippen LogP) is 1.47. The fourth-order valence-electron chi connectivity index (χ4n) is 1.36. The number of nitrogens with one attached hydrogen (secondary N) is 2. The Balaban J connectivity index is 2.80. The van der Waals surface area contributed by atoms with Crippen molar-refractivity contribution in [2.45, 2.75) is 13.3 Å². The van der Waals surface area contributed by atoms with Gasteiger partial charge in [0.2, 0.25) is 0 Å². The minimum absolute atomic E-state index is 0.261. The van der Waals surface area contributed by atoms with Gasteiger partial charge in [-0.3, -0.25) is 0 Å². The molecule has 0 heterocycles. The van der Waals surface area contributed by atoms with E-state index >= 15 is 0 Å². The zero-order valence-corrected chi connectivity index (χ0v) is 10.2. The van der Waals surface area contributed by atoms with Gasteiger partial charge in [-0.05, 0) is 31.5 Å². The molecule has 5 heteroatoms. The molecule has 0 aromatic heterocycles. The number of carbonyl (C=O) groups excluding carboxylic acids is 1. The van der Waals surface area contributed by atoms with Crippen molar-refractivity contribution in [1.29, 1.82) is 0 Å². The first-order chi connectivity index (χ1) is 8.19. The molecular weight excluding hydrogens is 218 g/mol. The first-order valence-electron chi connectivity index (χ1n) is 5.60. The Labute approximate surface area is 101 Å². The number of urea groups is 1. The summed E-state index contributed by atoms with van der Waals surface area (Å²) in [5.41, 5.74) is 7.06. The molecule has 0 unspecified atom stereocenters. The molecule has 0 saturated carbocycles. The lowest BCUT2D eigenvalue weighted by molar-refractivity contribution is 0.253. The average molecular weight is 237 g/mol. The number of hydrogen-bond acceptors (Lipinski definition) is 3. The predicted molar refractivity (Wildman–Crippen MR) is 68.4 cm³/mol. The maximum atomic E-state index is 11.3. The number of anilines is 1. The number of ether oxygens (including phenoxy) is 1. The van der Waals surface area contributed by atoms with Crippen LogP contribution >= 0.6 is 0 Å². The van der Waals surface area contributed by atoms with Gasteiger partial charge in [0.25, 0.3) is 0 Å². The molecule has 17 heavy (non-hydrogen) atoms. The molecule has 0 fully saturated rings. The lowest BCUT2D eigenvalue weighted by atomic mass is 10.2.